The van der Waals surface area contributed by atoms with Gasteiger partial charge in [0.05, 0.1) is 11.0 Å². The highest BCUT2D eigenvalue weighted by Gasteiger charge is 2.16. The number of aromatic nitrogens is 3. The number of imidazole rings is 1. The molecule has 6 nitrogen and oxygen atoms in total. The van der Waals surface area contributed by atoms with Crippen LogP contribution in [0.5, 0.6) is 0 Å². The number of nitrogens with zero attached hydrogens (tertiary/aromatic N) is 2. The lowest BCUT2D eigenvalue weighted by Crippen LogP contribution is -2.29. The van der Waals surface area contributed by atoms with E-state index < -0.39 is 0 Å². The summed E-state index contributed by atoms with van der Waals surface area (Å²) in [5.74, 6) is 0.347. The quantitative estimate of drug-likeness (QED) is 0.646. The number of nitrogens with one attached hydrogen (secondary N) is 3. The molecule has 7 heteroatoms. The Morgan fingerprint density at radius 1 is 1.37 bits per heavy atom. The van der Waals surface area contributed by atoms with Crippen molar-refractivity contribution in [3.8, 4) is 0 Å². The van der Waals surface area contributed by atoms with E-state index >= 15 is 0 Å². The summed E-state index contributed by atoms with van der Waals surface area (Å²) in [7, 11) is 0. The van der Waals surface area contributed by atoms with Crippen molar-refractivity contribution in [1.29, 1.82) is 0 Å². The Balaban J connectivity index is 1.37. The van der Waals surface area contributed by atoms with Crippen molar-refractivity contribution in [1.82, 2.24) is 25.6 Å². The molecule has 140 valence electrons. The van der Waals surface area contributed by atoms with E-state index in [1.165, 1.54) is 23.3 Å². The maximum Gasteiger partial charge on any atom is 0.220 e. The predicted octanol–water partition coefficient (Wildman–Crippen LogP) is 2.30. The fraction of sp³-hybridized carbons (Fsp3) is 0.350. The third-order valence-electron chi connectivity index (χ3n) is 5.01. The van der Waals surface area contributed by atoms with Crippen molar-refractivity contribution in [3.05, 3.63) is 58.4 Å². The van der Waals surface area contributed by atoms with Crippen LogP contribution in [0.15, 0.2) is 24.4 Å². The Morgan fingerprint density at radius 2 is 2.26 bits per heavy atom. The number of pyridine rings is 1. The molecule has 0 bridgehead atoms. The summed E-state index contributed by atoms with van der Waals surface area (Å²) in [6.45, 7) is 4.25. The van der Waals surface area contributed by atoms with Crippen LogP contribution < -0.4 is 10.6 Å². The number of fused-ring (bicyclic) bond motifs is 2. The molecule has 3 aromatic rings. The normalized spacial score (nSPS) is 13.6. The van der Waals surface area contributed by atoms with Crippen LogP contribution in [0.25, 0.3) is 11.0 Å². The van der Waals surface area contributed by atoms with E-state index in [4.69, 9.17) is 0 Å². The minimum atomic E-state index is -0.305. The lowest BCUT2D eigenvalue weighted by Gasteiger charge is -2.21. The monoisotopic (exact) mass is 367 g/mol. The Hall–Kier alpha value is -2.80. The zero-order chi connectivity index (χ0) is 18.8. The molecule has 0 spiro atoms. The van der Waals surface area contributed by atoms with E-state index in [0.29, 0.717) is 36.2 Å². The molecule has 1 amide bonds. The molecule has 0 radical (unpaired) electrons. The highest BCUT2D eigenvalue weighted by Crippen LogP contribution is 2.20. The van der Waals surface area contributed by atoms with Crippen molar-refractivity contribution in [2.45, 2.75) is 39.3 Å². The van der Waals surface area contributed by atoms with Gasteiger partial charge >= 0.3 is 0 Å². The Labute approximate surface area is 156 Å². The molecule has 0 aliphatic carbocycles. The average Bonchev–Trinajstić information content (AvgIpc) is 3.07. The number of aromatic amines is 1. The largest absolute Gasteiger partial charge is 0.352 e. The summed E-state index contributed by atoms with van der Waals surface area (Å²) in [5.41, 5.74) is 5.97. The second kappa shape index (κ2) is 7.44. The van der Waals surface area contributed by atoms with Crippen LogP contribution in [0, 0.1) is 12.7 Å². The van der Waals surface area contributed by atoms with E-state index in [2.05, 4.69) is 25.6 Å². The number of carbonyl (C=O) groups is 1. The van der Waals surface area contributed by atoms with Gasteiger partial charge in [-0.25, -0.2) is 9.37 Å². The van der Waals surface area contributed by atoms with Gasteiger partial charge in [-0.1, -0.05) is 0 Å². The highest BCUT2D eigenvalue weighted by atomic mass is 19.1. The lowest BCUT2D eigenvalue weighted by molar-refractivity contribution is -0.121. The molecule has 0 atom stereocenters. The van der Waals surface area contributed by atoms with Crippen LogP contribution in [0.3, 0.4) is 0 Å². The van der Waals surface area contributed by atoms with Crippen LogP contribution in [0.2, 0.25) is 0 Å². The first-order valence-corrected chi connectivity index (χ1v) is 9.18. The number of carbonyl (C=O) groups excluding carboxylic acids is 1. The molecule has 3 heterocycles. The molecule has 0 fully saturated rings. The number of rotatable bonds is 5. The minimum absolute atomic E-state index is 0.0347. The van der Waals surface area contributed by atoms with E-state index in [9.17, 15) is 9.18 Å². The number of aryl methyl sites for hydroxylation is 2. The lowest BCUT2D eigenvalue weighted by atomic mass is 9.96. The van der Waals surface area contributed by atoms with Crippen molar-refractivity contribution in [2.75, 3.05) is 6.54 Å². The zero-order valence-electron chi connectivity index (χ0n) is 15.2. The van der Waals surface area contributed by atoms with E-state index in [1.54, 1.807) is 6.07 Å². The first-order chi connectivity index (χ1) is 13.1. The maximum atomic E-state index is 13.3. The molecular formula is C20H22FN5O. The van der Waals surface area contributed by atoms with Gasteiger partial charge in [0.25, 0.3) is 0 Å². The third kappa shape index (κ3) is 3.83. The third-order valence-corrected chi connectivity index (χ3v) is 5.01. The van der Waals surface area contributed by atoms with Crippen LogP contribution in [0.4, 0.5) is 4.39 Å². The fourth-order valence-electron chi connectivity index (χ4n) is 3.54. The number of amides is 1. The summed E-state index contributed by atoms with van der Waals surface area (Å²) in [5, 5.41) is 6.35. The minimum Gasteiger partial charge on any atom is -0.352 e. The van der Waals surface area contributed by atoms with Crippen molar-refractivity contribution in [2.24, 2.45) is 0 Å². The highest BCUT2D eigenvalue weighted by molar-refractivity contribution is 5.77. The first kappa shape index (κ1) is 17.6. The van der Waals surface area contributed by atoms with Crippen LogP contribution in [0.1, 0.15) is 34.6 Å². The first-order valence-electron chi connectivity index (χ1n) is 9.18. The van der Waals surface area contributed by atoms with Crippen molar-refractivity contribution in [3.63, 3.8) is 0 Å². The topological polar surface area (TPSA) is 82.7 Å². The van der Waals surface area contributed by atoms with Crippen molar-refractivity contribution >= 4 is 16.9 Å². The van der Waals surface area contributed by atoms with Gasteiger partial charge in [0, 0.05) is 37.8 Å². The van der Waals surface area contributed by atoms with Gasteiger partial charge in [-0.05, 0) is 54.8 Å². The number of H-pyrrole nitrogens is 1. The Morgan fingerprint density at radius 3 is 3.15 bits per heavy atom. The molecule has 27 heavy (non-hydrogen) atoms. The standard InChI is InChI=1S/C20H22FN5O/c1-12-16(15-6-7-22-9-13(15)10-23-12)11-24-20(27)5-4-19-25-17-3-2-14(21)8-18(17)26-19/h2-3,8,10,22H,4-7,9,11H2,1H3,(H,24,27)(H,25,26). The zero-order valence-corrected chi connectivity index (χ0v) is 15.2. The number of halogens is 1. The van der Waals surface area contributed by atoms with Gasteiger partial charge in [0.1, 0.15) is 11.6 Å². The van der Waals surface area contributed by atoms with Gasteiger partial charge in [0.15, 0.2) is 0 Å². The molecule has 1 aliphatic rings. The Bertz CT molecular complexity index is 997. The summed E-state index contributed by atoms with van der Waals surface area (Å²) in [6, 6.07) is 4.43. The molecule has 1 aromatic carbocycles. The fourth-order valence-corrected chi connectivity index (χ4v) is 3.54. The molecular weight excluding hydrogens is 345 g/mol. The summed E-state index contributed by atoms with van der Waals surface area (Å²) in [6.07, 6.45) is 3.69. The second-order valence-corrected chi connectivity index (χ2v) is 6.87. The molecule has 4 rings (SSSR count). The van der Waals surface area contributed by atoms with Gasteiger partial charge in [0.2, 0.25) is 5.91 Å². The van der Waals surface area contributed by atoms with Gasteiger partial charge in [-0.2, -0.15) is 0 Å². The van der Waals surface area contributed by atoms with E-state index in [1.807, 2.05) is 13.1 Å². The SMILES string of the molecule is Cc1ncc2c(c1CNC(=O)CCc1nc3ccc(F)cc3[nH]1)CCNC2. The molecule has 2 aromatic heterocycles. The van der Waals surface area contributed by atoms with Crippen LogP contribution >= 0.6 is 0 Å². The van der Waals surface area contributed by atoms with Crippen LogP contribution in [-0.2, 0) is 30.7 Å². The summed E-state index contributed by atoms with van der Waals surface area (Å²) in [4.78, 5) is 24.2. The molecule has 0 unspecified atom stereocenters. The molecule has 1 aliphatic heterocycles. The second-order valence-electron chi connectivity index (χ2n) is 6.87. The molecule has 0 saturated carbocycles. The number of benzene rings is 1. The van der Waals surface area contributed by atoms with Gasteiger partial charge in [-0.3, -0.25) is 9.78 Å². The number of hydrogen-bond acceptors (Lipinski definition) is 4. The van der Waals surface area contributed by atoms with Crippen LogP contribution in [-0.4, -0.2) is 27.4 Å². The van der Waals surface area contributed by atoms with Gasteiger partial charge < -0.3 is 15.6 Å². The number of hydrogen-bond donors (Lipinski definition) is 3. The Kier molecular flexibility index (Phi) is 4.85. The van der Waals surface area contributed by atoms with Gasteiger partial charge in [-0.15, -0.1) is 0 Å². The smallest absolute Gasteiger partial charge is 0.220 e. The molecule has 0 saturated heterocycles. The summed E-state index contributed by atoms with van der Waals surface area (Å²) < 4.78 is 13.3. The van der Waals surface area contributed by atoms with E-state index in [0.717, 1.165) is 30.8 Å². The maximum absolute atomic E-state index is 13.3. The molecule has 3 N–H and O–H groups in total. The predicted molar refractivity (Wildman–Crippen MR) is 101 cm³/mol. The average molecular weight is 367 g/mol. The summed E-state index contributed by atoms with van der Waals surface area (Å²) >= 11 is 0. The van der Waals surface area contributed by atoms with Crippen molar-refractivity contribution < 1.29 is 9.18 Å². The van der Waals surface area contributed by atoms with E-state index in [-0.39, 0.29) is 11.7 Å².